The van der Waals surface area contributed by atoms with E-state index in [1.54, 1.807) is 49.4 Å². The summed E-state index contributed by atoms with van der Waals surface area (Å²) in [5, 5.41) is 2.72. The van der Waals surface area contributed by atoms with Crippen molar-refractivity contribution in [3.05, 3.63) is 84.9 Å². The summed E-state index contributed by atoms with van der Waals surface area (Å²) in [4.78, 5) is 12.6. The van der Waals surface area contributed by atoms with Crippen LogP contribution in [0.25, 0.3) is 0 Å². The van der Waals surface area contributed by atoms with Crippen LogP contribution in [-0.2, 0) is 14.8 Å². The molecular formula is C22H22N2O4S. The van der Waals surface area contributed by atoms with Gasteiger partial charge < -0.3 is 10.1 Å². The van der Waals surface area contributed by atoms with E-state index in [1.807, 2.05) is 30.3 Å². The fourth-order valence-corrected chi connectivity index (χ4v) is 4.13. The molecule has 0 aliphatic rings. The number of para-hydroxylation sites is 1. The van der Waals surface area contributed by atoms with E-state index in [0.717, 1.165) is 4.31 Å². The normalized spacial score (nSPS) is 11.2. The predicted molar refractivity (Wildman–Crippen MR) is 112 cm³/mol. The maximum Gasteiger partial charge on any atom is 0.243 e. The van der Waals surface area contributed by atoms with Crippen molar-refractivity contribution < 1.29 is 17.9 Å². The summed E-state index contributed by atoms with van der Waals surface area (Å²) >= 11 is 0. The van der Waals surface area contributed by atoms with Gasteiger partial charge in [0.1, 0.15) is 11.5 Å². The lowest BCUT2D eigenvalue weighted by molar-refractivity contribution is -0.116. The highest BCUT2D eigenvalue weighted by Crippen LogP contribution is 2.22. The van der Waals surface area contributed by atoms with Crippen molar-refractivity contribution in [3.8, 4) is 11.5 Å². The Morgan fingerprint density at radius 3 is 2.00 bits per heavy atom. The molecule has 3 aromatic rings. The second-order valence-electron chi connectivity index (χ2n) is 6.23. The third-order valence-electron chi connectivity index (χ3n) is 4.17. The van der Waals surface area contributed by atoms with Crippen LogP contribution in [-0.4, -0.2) is 31.7 Å². The first-order chi connectivity index (χ1) is 14.0. The third kappa shape index (κ3) is 5.43. The summed E-state index contributed by atoms with van der Waals surface area (Å²) in [5.41, 5.74) is 0.559. The lowest BCUT2D eigenvalue weighted by Crippen LogP contribution is -2.37. The van der Waals surface area contributed by atoms with Crippen LogP contribution in [0.4, 0.5) is 5.69 Å². The van der Waals surface area contributed by atoms with Crippen molar-refractivity contribution in [1.82, 2.24) is 4.31 Å². The molecule has 0 spiro atoms. The van der Waals surface area contributed by atoms with Gasteiger partial charge in [0.05, 0.1) is 11.4 Å². The first-order valence-electron chi connectivity index (χ1n) is 9.17. The number of carbonyl (C=O) groups excluding carboxylic acids is 1. The van der Waals surface area contributed by atoms with Gasteiger partial charge in [-0.2, -0.15) is 4.31 Å². The van der Waals surface area contributed by atoms with E-state index in [1.165, 1.54) is 12.1 Å². The van der Waals surface area contributed by atoms with Crippen LogP contribution < -0.4 is 10.1 Å². The van der Waals surface area contributed by atoms with Crippen LogP contribution in [0, 0.1) is 0 Å². The predicted octanol–water partition coefficient (Wildman–Crippen LogP) is 4.13. The molecule has 0 heterocycles. The number of ether oxygens (including phenoxy) is 1. The third-order valence-corrected chi connectivity index (χ3v) is 6.11. The molecule has 0 radical (unpaired) electrons. The zero-order valence-corrected chi connectivity index (χ0v) is 16.8. The Bertz CT molecular complexity index is 1040. The topological polar surface area (TPSA) is 75.7 Å². The number of benzene rings is 3. The average molecular weight is 410 g/mol. The zero-order chi connectivity index (χ0) is 20.7. The number of sulfonamides is 1. The van der Waals surface area contributed by atoms with Crippen molar-refractivity contribution in [3.63, 3.8) is 0 Å². The molecule has 29 heavy (non-hydrogen) atoms. The van der Waals surface area contributed by atoms with Gasteiger partial charge >= 0.3 is 0 Å². The van der Waals surface area contributed by atoms with Gasteiger partial charge in [-0.15, -0.1) is 0 Å². The number of nitrogens with one attached hydrogen (secondary N) is 1. The minimum Gasteiger partial charge on any atom is -0.457 e. The summed E-state index contributed by atoms with van der Waals surface area (Å²) in [5.74, 6) is 0.938. The second kappa shape index (κ2) is 9.36. The number of amides is 1. The fraction of sp³-hybridized carbons (Fsp3) is 0.136. The van der Waals surface area contributed by atoms with Crippen molar-refractivity contribution >= 4 is 21.6 Å². The lowest BCUT2D eigenvalue weighted by Gasteiger charge is -2.20. The molecule has 0 atom stereocenters. The molecule has 0 bridgehead atoms. The maximum absolute atomic E-state index is 12.7. The Hall–Kier alpha value is -3.16. The molecular weight excluding hydrogens is 388 g/mol. The van der Waals surface area contributed by atoms with Crippen LogP contribution in [0.2, 0.25) is 0 Å². The van der Waals surface area contributed by atoms with Gasteiger partial charge in [-0.25, -0.2) is 8.42 Å². The number of anilines is 1. The summed E-state index contributed by atoms with van der Waals surface area (Å²) in [6, 6.07) is 24.3. The molecule has 1 N–H and O–H groups in total. The van der Waals surface area contributed by atoms with Crippen molar-refractivity contribution in [2.75, 3.05) is 18.4 Å². The molecule has 0 aliphatic heterocycles. The van der Waals surface area contributed by atoms with Crippen molar-refractivity contribution in [1.29, 1.82) is 0 Å². The van der Waals surface area contributed by atoms with Gasteiger partial charge in [0.25, 0.3) is 0 Å². The maximum atomic E-state index is 12.7. The van der Waals surface area contributed by atoms with E-state index in [2.05, 4.69) is 5.32 Å². The minimum absolute atomic E-state index is 0.164. The van der Waals surface area contributed by atoms with Gasteiger partial charge in [0.2, 0.25) is 15.9 Å². The van der Waals surface area contributed by atoms with E-state index in [4.69, 9.17) is 4.74 Å². The molecule has 0 aromatic heterocycles. The summed E-state index contributed by atoms with van der Waals surface area (Å²) in [7, 11) is -3.73. The molecule has 1 amide bonds. The zero-order valence-electron chi connectivity index (χ0n) is 16.0. The van der Waals surface area contributed by atoms with Crippen molar-refractivity contribution in [2.45, 2.75) is 11.8 Å². The van der Waals surface area contributed by atoms with Gasteiger partial charge in [-0.05, 0) is 48.5 Å². The van der Waals surface area contributed by atoms with E-state index >= 15 is 0 Å². The summed E-state index contributed by atoms with van der Waals surface area (Å²) in [6.07, 6.45) is 0. The molecule has 0 unspecified atom stereocenters. The minimum atomic E-state index is -3.73. The second-order valence-corrected chi connectivity index (χ2v) is 8.17. The largest absolute Gasteiger partial charge is 0.457 e. The van der Waals surface area contributed by atoms with Crippen LogP contribution in [0.3, 0.4) is 0 Å². The van der Waals surface area contributed by atoms with Crippen LogP contribution in [0.15, 0.2) is 89.8 Å². The van der Waals surface area contributed by atoms with Crippen LogP contribution in [0.1, 0.15) is 6.92 Å². The number of carbonyl (C=O) groups is 1. The average Bonchev–Trinajstić information content (AvgIpc) is 2.74. The highest BCUT2D eigenvalue weighted by Gasteiger charge is 2.24. The Labute approximate surface area is 170 Å². The van der Waals surface area contributed by atoms with E-state index in [0.29, 0.717) is 17.2 Å². The summed E-state index contributed by atoms with van der Waals surface area (Å²) in [6.45, 7) is 1.62. The monoisotopic (exact) mass is 410 g/mol. The molecule has 6 nitrogen and oxygen atoms in total. The van der Waals surface area contributed by atoms with E-state index in [9.17, 15) is 13.2 Å². The number of hydrogen-bond acceptors (Lipinski definition) is 4. The fourth-order valence-electron chi connectivity index (χ4n) is 2.70. The van der Waals surface area contributed by atoms with Crippen LogP contribution in [0.5, 0.6) is 11.5 Å². The number of likely N-dealkylation sites (N-methyl/N-ethyl adjacent to an activating group) is 1. The Kier molecular flexibility index (Phi) is 6.64. The SMILES string of the molecule is CCN(CC(=O)Nc1ccc(Oc2ccccc2)cc1)S(=O)(=O)c1ccccc1. The van der Waals surface area contributed by atoms with Gasteiger partial charge in [-0.3, -0.25) is 4.79 Å². The molecule has 0 saturated heterocycles. The standard InChI is InChI=1S/C22H22N2O4S/c1-2-24(29(26,27)21-11-7-4-8-12-21)17-22(25)23-18-13-15-20(16-14-18)28-19-9-5-3-6-10-19/h3-16H,2,17H2,1H3,(H,23,25). The summed E-state index contributed by atoms with van der Waals surface area (Å²) < 4.78 is 32.3. The van der Waals surface area contributed by atoms with E-state index in [-0.39, 0.29) is 18.0 Å². The smallest absolute Gasteiger partial charge is 0.243 e. The number of nitrogens with zero attached hydrogens (tertiary/aromatic N) is 1. The first-order valence-corrected chi connectivity index (χ1v) is 10.6. The van der Waals surface area contributed by atoms with E-state index < -0.39 is 15.9 Å². The highest BCUT2D eigenvalue weighted by molar-refractivity contribution is 7.89. The van der Waals surface area contributed by atoms with Crippen molar-refractivity contribution in [2.24, 2.45) is 0 Å². The molecule has 0 saturated carbocycles. The quantitative estimate of drug-likeness (QED) is 0.606. The molecule has 3 rings (SSSR count). The molecule has 3 aromatic carbocycles. The highest BCUT2D eigenvalue weighted by atomic mass is 32.2. The van der Waals surface area contributed by atoms with Gasteiger partial charge in [-0.1, -0.05) is 43.3 Å². The van der Waals surface area contributed by atoms with Crippen LogP contribution >= 0.6 is 0 Å². The molecule has 0 aliphatic carbocycles. The van der Waals surface area contributed by atoms with Gasteiger partial charge in [0, 0.05) is 12.2 Å². The number of hydrogen-bond donors (Lipinski definition) is 1. The molecule has 7 heteroatoms. The first kappa shape index (κ1) is 20.6. The lowest BCUT2D eigenvalue weighted by atomic mass is 10.3. The Morgan fingerprint density at radius 1 is 0.862 bits per heavy atom. The Balaban J connectivity index is 1.62. The molecule has 0 fully saturated rings. The Morgan fingerprint density at radius 2 is 1.41 bits per heavy atom. The molecule has 150 valence electrons. The van der Waals surface area contributed by atoms with Gasteiger partial charge in [0.15, 0.2) is 0 Å². The number of rotatable bonds is 8.